The van der Waals surface area contributed by atoms with Crippen LogP contribution in [0.25, 0.3) is 0 Å². The summed E-state index contributed by atoms with van der Waals surface area (Å²) in [6, 6.07) is 6.21. The summed E-state index contributed by atoms with van der Waals surface area (Å²) < 4.78 is 1.16. The summed E-state index contributed by atoms with van der Waals surface area (Å²) in [7, 11) is 0. The predicted molar refractivity (Wildman–Crippen MR) is 68.4 cm³/mol. The molecule has 0 saturated heterocycles. The van der Waals surface area contributed by atoms with Crippen LogP contribution < -0.4 is 5.73 Å². The molecule has 1 fully saturated rings. The van der Waals surface area contributed by atoms with Gasteiger partial charge in [-0.3, -0.25) is 0 Å². The Morgan fingerprint density at radius 1 is 1.50 bits per heavy atom. The van der Waals surface area contributed by atoms with Gasteiger partial charge in [0.2, 0.25) is 0 Å². The molecule has 0 bridgehead atoms. The SMILES string of the molecule is NC(CC1CC1)c1ccc(I)cc1Cl. The second-order valence-electron chi connectivity index (χ2n) is 3.95. The molecule has 1 saturated carbocycles. The van der Waals surface area contributed by atoms with Crippen molar-refractivity contribution in [3.8, 4) is 0 Å². The fourth-order valence-corrected chi connectivity index (χ4v) is 2.64. The van der Waals surface area contributed by atoms with Crippen LogP contribution in [0, 0.1) is 9.49 Å². The maximum Gasteiger partial charge on any atom is 0.0464 e. The molecular weight excluding hydrogens is 308 g/mol. The minimum atomic E-state index is 0.118. The third-order valence-corrected chi connectivity index (χ3v) is 3.64. The number of halogens is 2. The molecule has 3 heteroatoms. The summed E-state index contributed by atoms with van der Waals surface area (Å²) in [4.78, 5) is 0. The lowest BCUT2D eigenvalue weighted by atomic mass is 10.0. The van der Waals surface area contributed by atoms with Crippen LogP contribution >= 0.6 is 34.2 Å². The summed E-state index contributed by atoms with van der Waals surface area (Å²) >= 11 is 8.40. The first-order valence-corrected chi connectivity index (χ1v) is 6.33. The van der Waals surface area contributed by atoms with Crippen molar-refractivity contribution in [2.24, 2.45) is 11.7 Å². The maximum absolute atomic E-state index is 6.14. The lowest BCUT2D eigenvalue weighted by Crippen LogP contribution is -2.11. The standard InChI is InChI=1S/C11H13ClIN/c12-10-6-8(13)3-4-9(10)11(14)5-7-1-2-7/h3-4,6-7,11H,1-2,5,14H2. The Bertz CT molecular complexity index is 336. The van der Waals surface area contributed by atoms with E-state index in [0.29, 0.717) is 0 Å². The first-order chi connectivity index (χ1) is 6.66. The number of nitrogens with two attached hydrogens (primary N) is 1. The topological polar surface area (TPSA) is 26.0 Å². The number of rotatable bonds is 3. The molecule has 14 heavy (non-hydrogen) atoms. The van der Waals surface area contributed by atoms with Gasteiger partial charge in [-0.15, -0.1) is 0 Å². The number of benzene rings is 1. The molecular formula is C11H13ClIN. The maximum atomic E-state index is 6.14. The highest BCUT2D eigenvalue weighted by atomic mass is 127. The monoisotopic (exact) mass is 321 g/mol. The third-order valence-electron chi connectivity index (χ3n) is 2.65. The van der Waals surface area contributed by atoms with Crippen molar-refractivity contribution in [1.29, 1.82) is 0 Å². The molecule has 0 aromatic heterocycles. The molecule has 2 N–H and O–H groups in total. The molecule has 1 atom stereocenters. The molecule has 1 aliphatic rings. The van der Waals surface area contributed by atoms with E-state index in [-0.39, 0.29) is 6.04 Å². The fraction of sp³-hybridized carbons (Fsp3) is 0.455. The van der Waals surface area contributed by atoms with E-state index in [2.05, 4.69) is 34.7 Å². The van der Waals surface area contributed by atoms with Gasteiger partial charge in [-0.1, -0.05) is 30.5 Å². The molecule has 1 aromatic rings. The smallest absolute Gasteiger partial charge is 0.0464 e. The van der Waals surface area contributed by atoms with Crippen LogP contribution in [0.15, 0.2) is 18.2 Å². The highest BCUT2D eigenvalue weighted by Gasteiger charge is 2.25. The van der Waals surface area contributed by atoms with Gasteiger partial charge in [-0.25, -0.2) is 0 Å². The summed E-state index contributed by atoms with van der Waals surface area (Å²) in [5.41, 5.74) is 7.20. The van der Waals surface area contributed by atoms with Gasteiger partial charge in [0.05, 0.1) is 0 Å². The van der Waals surface area contributed by atoms with Gasteiger partial charge in [-0.05, 0) is 52.6 Å². The minimum absolute atomic E-state index is 0.118. The van der Waals surface area contributed by atoms with E-state index in [1.807, 2.05) is 6.07 Å². The number of hydrogen-bond acceptors (Lipinski definition) is 1. The zero-order valence-corrected chi connectivity index (χ0v) is 10.8. The molecule has 0 radical (unpaired) electrons. The van der Waals surface area contributed by atoms with E-state index >= 15 is 0 Å². The van der Waals surface area contributed by atoms with E-state index < -0.39 is 0 Å². The van der Waals surface area contributed by atoms with E-state index in [9.17, 15) is 0 Å². The van der Waals surface area contributed by atoms with Crippen molar-refractivity contribution in [3.05, 3.63) is 32.4 Å². The second-order valence-corrected chi connectivity index (χ2v) is 5.60. The van der Waals surface area contributed by atoms with E-state index in [1.165, 1.54) is 12.8 Å². The zero-order valence-electron chi connectivity index (χ0n) is 7.84. The summed E-state index contributed by atoms with van der Waals surface area (Å²) in [5.74, 6) is 0.848. The molecule has 1 nitrogen and oxygen atoms in total. The molecule has 1 aromatic carbocycles. The predicted octanol–water partition coefficient (Wildman–Crippen LogP) is 3.74. The first kappa shape index (κ1) is 10.7. The molecule has 1 aliphatic carbocycles. The van der Waals surface area contributed by atoms with Crippen LogP contribution in [0.2, 0.25) is 5.02 Å². The van der Waals surface area contributed by atoms with Gasteiger partial charge in [0.25, 0.3) is 0 Å². The third kappa shape index (κ3) is 2.61. The van der Waals surface area contributed by atoms with Gasteiger partial charge in [0.15, 0.2) is 0 Å². The molecule has 0 spiro atoms. The zero-order chi connectivity index (χ0) is 10.1. The first-order valence-electron chi connectivity index (χ1n) is 4.87. The summed E-state index contributed by atoms with van der Waals surface area (Å²) in [6.07, 6.45) is 3.77. The van der Waals surface area contributed by atoms with Crippen LogP contribution in [0.4, 0.5) is 0 Å². The molecule has 1 unspecified atom stereocenters. The van der Waals surface area contributed by atoms with Crippen LogP contribution in [-0.2, 0) is 0 Å². The number of hydrogen-bond donors (Lipinski definition) is 1. The van der Waals surface area contributed by atoms with E-state index in [1.54, 1.807) is 0 Å². The van der Waals surface area contributed by atoms with Gasteiger partial charge in [0, 0.05) is 14.6 Å². The van der Waals surface area contributed by atoms with E-state index in [4.69, 9.17) is 17.3 Å². The van der Waals surface area contributed by atoms with Crippen molar-refractivity contribution in [2.45, 2.75) is 25.3 Å². The highest BCUT2D eigenvalue weighted by Crippen LogP contribution is 2.38. The van der Waals surface area contributed by atoms with Crippen LogP contribution in [-0.4, -0.2) is 0 Å². The van der Waals surface area contributed by atoms with Gasteiger partial charge < -0.3 is 5.73 Å². The van der Waals surface area contributed by atoms with Crippen molar-refractivity contribution in [3.63, 3.8) is 0 Å². The van der Waals surface area contributed by atoms with Crippen LogP contribution in [0.3, 0.4) is 0 Å². The van der Waals surface area contributed by atoms with Crippen LogP contribution in [0.5, 0.6) is 0 Å². The minimum Gasteiger partial charge on any atom is -0.324 e. The Kier molecular flexibility index (Phi) is 3.34. The Morgan fingerprint density at radius 2 is 2.21 bits per heavy atom. The Hall–Kier alpha value is 0.200. The molecule has 0 heterocycles. The quantitative estimate of drug-likeness (QED) is 0.843. The Labute approximate surface area is 103 Å². The molecule has 76 valence electrons. The summed E-state index contributed by atoms with van der Waals surface area (Å²) in [6.45, 7) is 0. The average Bonchev–Trinajstić information content (AvgIpc) is 2.87. The molecule has 0 aliphatic heterocycles. The normalized spacial score (nSPS) is 18.2. The van der Waals surface area contributed by atoms with Crippen molar-refractivity contribution in [1.82, 2.24) is 0 Å². The lowest BCUT2D eigenvalue weighted by Gasteiger charge is -2.13. The molecule has 0 amide bonds. The summed E-state index contributed by atoms with van der Waals surface area (Å²) in [5, 5.41) is 0.810. The Balaban J connectivity index is 2.13. The van der Waals surface area contributed by atoms with Gasteiger partial charge in [0.1, 0.15) is 0 Å². The average molecular weight is 322 g/mol. The second kappa shape index (κ2) is 4.37. The fourth-order valence-electron chi connectivity index (χ4n) is 1.64. The van der Waals surface area contributed by atoms with E-state index in [0.717, 1.165) is 26.5 Å². The largest absolute Gasteiger partial charge is 0.324 e. The lowest BCUT2D eigenvalue weighted by molar-refractivity contribution is 0.597. The van der Waals surface area contributed by atoms with Crippen LogP contribution in [0.1, 0.15) is 30.9 Å². The van der Waals surface area contributed by atoms with Crippen molar-refractivity contribution >= 4 is 34.2 Å². The van der Waals surface area contributed by atoms with Gasteiger partial charge in [-0.2, -0.15) is 0 Å². The Morgan fingerprint density at radius 3 is 2.79 bits per heavy atom. The van der Waals surface area contributed by atoms with Gasteiger partial charge >= 0.3 is 0 Å². The van der Waals surface area contributed by atoms with Crippen molar-refractivity contribution in [2.75, 3.05) is 0 Å². The highest BCUT2D eigenvalue weighted by molar-refractivity contribution is 14.1. The van der Waals surface area contributed by atoms with Crippen molar-refractivity contribution < 1.29 is 0 Å². The molecule has 2 rings (SSSR count).